The van der Waals surface area contributed by atoms with Gasteiger partial charge in [-0.15, -0.1) is 10.2 Å². The van der Waals surface area contributed by atoms with Crippen molar-refractivity contribution in [2.45, 2.75) is 12.1 Å². The van der Waals surface area contributed by atoms with E-state index in [9.17, 15) is 4.79 Å². The van der Waals surface area contributed by atoms with Gasteiger partial charge in [0.05, 0.1) is 12.0 Å². The first-order chi connectivity index (χ1) is 16.2. The molecule has 0 saturated heterocycles. The van der Waals surface area contributed by atoms with E-state index in [-0.39, 0.29) is 11.7 Å². The molecule has 0 aliphatic rings. The zero-order chi connectivity index (χ0) is 22.9. The molecule has 4 aromatic rings. The summed E-state index contributed by atoms with van der Waals surface area (Å²) in [7, 11) is 0. The molecule has 1 heterocycles. The van der Waals surface area contributed by atoms with Gasteiger partial charge in [-0.3, -0.25) is 9.36 Å². The number of para-hydroxylation sites is 1. The molecular formula is C26H23N5OS. The number of aromatic nitrogens is 3. The summed E-state index contributed by atoms with van der Waals surface area (Å²) in [6, 6.07) is 29.7. The third-order valence-corrected chi connectivity index (χ3v) is 5.59. The van der Waals surface area contributed by atoms with Crippen LogP contribution in [0.2, 0.25) is 0 Å². The molecule has 0 aliphatic carbocycles. The predicted molar refractivity (Wildman–Crippen MR) is 134 cm³/mol. The fourth-order valence-electron chi connectivity index (χ4n) is 3.17. The molecule has 6 nitrogen and oxygen atoms in total. The van der Waals surface area contributed by atoms with Crippen LogP contribution in [0, 0.1) is 0 Å². The zero-order valence-corrected chi connectivity index (χ0v) is 18.9. The molecule has 0 aliphatic heterocycles. The van der Waals surface area contributed by atoms with Crippen molar-refractivity contribution in [3.8, 4) is 17.1 Å². The fourth-order valence-corrected chi connectivity index (χ4v) is 3.91. The average Bonchev–Trinajstić information content (AvgIpc) is 3.28. The van der Waals surface area contributed by atoms with Crippen LogP contribution in [0.15, 0.2) is 107 Å². The van der Waals surface area contributed by atoms with Gasteiger partial charge in [-0.05, 0) is 30.2 Å². The van der Waals surface area contributed by atoms with Crippen molar-refractivity contribution in [2.75, 3.05) is 5.75 Å². The van der Waals surface area contributed by atoms with Crippen molar-refractivity contribution >= 4 is 30.0 Å². The van der Waals surface area contributed by atoms with Crippen molar-refractivity contribution in [1.29, 1.82) is 0 Å². The number of nitrogens with zero attached hydrogens (tertiary/aromatic N) is 4. The quantitative estimate of drug-likeness (QED) is 0.225. The first-order valence-corrected chi connectivity index (χ1v) is 11.4. The number of allylic oxidation sites excluding steroid dienone is 1. The van der Waals surface area contributed by atoms with Crippen LogP contribution in [0.5, 0.6) is 0 Å². The Morgan fingerprint density at radius 1 is 0.939 bits per heavy atom. The van der Waals surface area contributed by atoms with E-state index in [4.69, 9.17) is 0 Å². The SMILES string of the molecule is CC(C=NNC(=O)CSc1nnc(-c2ccccc2)n1-c1ccccc1)=Cc1ccccc1. The summed E-state index contributed by atoms with van der Waals surface area (Å²) in [4.78, 5) is 12.4. The van der Waals surface area contributed by atoms with Gasteiger partial charge in [0, 0.05) is 11.3 Å². The highest BCUT2D eigenvalue weighted by Gasteiger charge is 2.16. The fraction of sp³-hybridized carbons (Fsp3) is 0.0769. The first kappa shape index (κ1) is 22.2. The molecule has 0 atom stereocenters. The van der Waals surface area contributed by atoms with Gasteiger partial charge in [0.1, 0.15) is 0 Å². The molecular weight excluding hydrogens is 430 g/mol. The number of carbonyl (C=O) groups is 1. The number of hydrazone groups is 1. The van der Waals surface area contributed by atoms with Crippen molar-refractivity contribution in [2.24, 2.45) is 5.10 Å². The van der Waals surface area contributed by atoms with Crippen LogP contribution in [0.25, 0.3) is 23.2 Å². The Morgan fingerprint density at radius 2 is 1.58 bits per heavy atom. The van der Waals surface area contributed by atoms with Gasteiger partial charge in [0.25, 0.3) is 5.91 Å². The second kappa shape index (κ2) is 11.1. The number of thioether (sulfide) groups is 1. The molecule has 1 N–H and O–H groups in total. The lowest BCUT2D eigenvalue weighted by atomic mass is 10.1. The van der Waals surface area contributed by atoms with E-state index in [1.807, 2.05) is 109 Å². The minimum atomic E-state index is -0.215. The number of carbonyl (C=O) groups excluding carboxylic acids is 1. The summed E-state index contributed by atoms with van der Waals surface area (Å²) < 4.78 is 1.96. The highest BCUT2D eigenvalue weighted by Crippen LogP contribution is 2.27. The highest BCUT2D eigenvalue weighted by molar-refractivity contribution is 7.99. The van der Waals surface area contributed by atoms with Gasteiger partial charge >= 0.3 is 0 Å². The minimum Gasteiger partial charge on any atom is -0.272 e. The molecule has 4 rings (SSSR count). The van der Waals surface area contributed by atoms with E-state index in [1.54, 1.807) is 6.21 Å². The topological polar surface area (TPSA) is 72.2 Å². The summed E-state index contributed by atoms with van der Waals surface area (Å²) in [6.07, 6.45) is 3.63. The van der Waals surface area contributed by atoms with E-state index in [0.29, 0.717) is 5.16 Å². The van der Waals surface area contributed by atoms with E-state index in [2.05, 4.69) is 20.7 Å². The second-order valence-electron chi connectivity index (χ2n) is 7.22. The Bertz CT molecular complexity index is 1250. The number of hydrogen-bond donors (Lipinski definition) is 1. The molecule has 0 bridgehead atoms. The van der Waals surface area contributed by atoms with E-state index < -0.39 is 0 Å². The third-order valence-electron chi connectivity index (χ3n) is 4.66. The van der Waals surface area contributed by atoms with Crippen molar-refractivity contribution < 1.29 is 4.79 Å². The molecule has 0 unspecified atom stereocenters. The van der Waals surface area contributed by atoms with E-state index >= 15 is 0 Å². The summed E-state index contributed by atoms with van der Waals surface area (Å²) in [5.41, 5.74) is 6.48. The smallest absolute Gasteiger partial charge is 0.250 e. The maximum Gasteiger partial charge on any atom is 0.250 e. The largest absolute Gasteiger partial charge is 0.272 e. The standard InChI is InChI=1S/C26H23N5OS/c1-20(17-21-11-5-2-6-12-21)18-27-28-24(32)19-33-26-30-29-25(22-13-7-3-8-14-22)31(26)23-15-9-4-10-16-23/h2-18H,19H2,1H3,(H,28,32). The molecule has 0 saturated carbocycles. The molecule has 33 heavy (non-hydrogen) atoms. The van der Waals surface area contributed by atoms with Crippen LogP contribution in [0.1, 0.15) is 12.5 Å². The summed E-state index contributed by atoms with van der Waals surface area (Å²) in [5.74, 6) is 0.676. The monoisotopic (exact) mass is 453 g/mol. The van der Waals surface area contributed by atoms with Crippen LogP contribution in [0.3, 0.4) is 0 Å². The number of hydrogen-bond acceptors (Lipinski definition) is 5. The number of nitrogens with one attached hydrogen (secondary N) is 1. The van der Waals surface area contributed by atoms with Crippen molar-refractivity contribution in [1.82, 2.24) is 20.2 Å². The number of amides is 1. The Kier molecular flexibility index (Phi) is 7.45. The number of rotatable bonds is 8. The van der Waals surface area contributed by atoms with Crippen LogP contribution in [0.4, 0.5) is 0 Å². The molecule has 3 aromatic carbocycles. The third kappa shape index (κ3) is 6.05. The lowest BCUT2D eigenvalue weighted by Crippen LogP contribution is -2.20. The molecule has 0 radical (unpaired) electrons. The summed E-state index contributed by atoms with van der Waals surface area (Å²) >= 11 is 1.32. The maximum atomic E-state index is 12.4. The van der Waals surface area contributed by atoms with Crippen LogP contribution >= 0.6 is 11.8 Å². The van der Waals surface area contributed by atoms with Crippen molar-refractivity contribution in [3.63, 3.8) is 0 Å². The van der Waals surface area contributed by atoms with Crippen LogP contribution in [-0.2, 0) is 4.79 Å². The molecule has 0 spiro atoms. The lowest BCUT2D eigenvalue weighted by Gasteiger charge is -2.10. The highest BCUT2D eigenvalue weighted by atomic mass is 32.2. The first-order valence-electron chi connectivity index (χ1n) is 10.4. The molecule has 1 amide bonds. The average molecular weight is 454 g/mol. The van der Waals surface area contributed by atoms with Crippen molar-refractivity contribution in [3.05, 3.63) is 102 Å². The van der Waals surface area contributed by atoms with Gasteiger partial charge < -0.3 is 0 Å². The van der Waals surface area contributed by atoms with Gasteiger partial charge in [-0.1, -0.05) is 96.7 Å². The molecule has 7 heteroatoms. The second-order valence-corrected chi connectivity index (χ2v) is 8.17. The van der Waals surface area contributed by atoms with Gasteiger partial charge in [0.15, 0.2) is 11.0 Å². The van der Waals surface area contributed by atoms with Crippen LogP contribution < -0.4 is 5.43 Å². The minimum absolute atomic E-state index is 0.165. The predicted octanol–water partition coefficient (Wildman–Crippen LogP) is 5.23. The molecule has 1 aromatic heterocycles. The van der Waals surface area contributed by atoms with Gasteiger partial charge in [-0.25, -0.2) is 5.43 Å². The number of benzene rings is 3. The Balaban J connectivity index is 1.43. The van der Waals surface area contributed by atoms with E-state index in [1.165, 1.54) is 11.8 Å². The Hall–Kier alpha value is -3.97. The normalized spacial score (nSPS) is 11.6. The Morgan fingerprint density at radius 3 is 2.27 bits per heavy atom. The lowest BCUT2D eigenvalue weighted by molar-refractivity contribution is -0.118. The van der Waals surface area contributed by atoms with Gasteiger partial charge in [-0.2, -0.15) is 5.10 Å². The summed E-state index contributed by atoms with van der Waals surface area (Å²) in [6.45, 7) is 1.94. The molecule has 0 fully saturated rings. The molecule has 164 valence electrons. The summed E-state index contributed by atoms with van der Waals surface area (Å²) in [5, 5.41) is 13.4. The maximum absolute atomic E-state index is 12.4. The Labute approximate surface area is 197 Å². The van der Waals surface area contributed by atoms with Gasteiger partial charge in [0.2, 0.25) is 0 Å². The van der Waals surface area contributed by atoms with Crippen LogP contribution in [-0.4, -0.2) is 32.6 Å². The zero-order valence-electron chi connectivity index (χ0n) is 18.1. The van der Waals surface area contributed by atoms with E-state index in [0.717, 1.165) is 28.2 Å².